The van der Waals surface area contributed by atoms with E-state index in [1.54, 1.807) is 0 Å². The summed E-state index contributed by atoms with van der Waals surface area (Å²) in [6.07, 6.45) is 0.145. The van der Waals surface area contributed by atoms with Gasteiger partial charge in [-0.3, -0.25) is 19.4 Å². The van der Waals surface area contributed by atoms with Crippen molar-refractivity contribution in [2.24, 2.45) is 0 Å². The molecule has 4 rings (SSSR count). The highest BCUT2D eigenvalue weighted by Crippen LogP contribution is 2.29. The number of carbonyl (C=O) groups excluding carboxylic acids is 2. The van der Waals surface area contributed by atoms with Gasteiger partial charge in [-0.1, -0.05) is 41.9 Å². The van der Waals surface area contributed by atoms with Crippen LogP contribution in [-0.2, 0) is 16.1 Å². The van der Waals surface area contributed by atoms with Crippen LogP contribution in [0.4, 0.5) is 10.1 Å². The molecule has 28 heavy (non-hydrogen) atoms. The third-order valence-electron chi connectivity index (χ3n) is 5.38. The van der Waals surface area contributed by atoms with Crippen LogP contribution >= 0.6 is 11.6 Å². The number of rotatable bonds is 4. The van der Waals surface area contributed by atoms with Gasteiger partial charge in [-0.25, -0.2) is 9.29 Å². The predicted molar refractivity (Wildman–Crippen MR) is 106 cm³/mol. The van der Waals surface area contributed by atoms with Crippen LogP contribution in [0.5, 0.6) is 0 Å². The largest absolute Gasteiger partial charge is 0.297 e. The van der Waals surface area contributed by atoms with E-state index in [0.717, 1.165) is 37.6 Å². The quantitative estimate of drug-likeness (QED) is 0.739. The molecule has 0 aromatic heterocycles. The molecule has 1 atom stereocenters. The normalized spacial score (nSPS) is 21.5. The predicted octanol–water partition coefficient (Wildman–Crippen LogP) is 2.93. The van der Waals surface area contributed by atoms with Crippen LogP contribution in [0.15, 0.2) is 48.5 Å². The molecule has 0 saturated carbocycles. The lowest BCUT2D eigenvalue weighted by Gasteiger charge is -2.37. The Morgan fingerprint density at radius 1 is 1.00 bits per heavy atom. The van der Waals surface area contributed by atoms with Crippen LogP contribution in [0.2, 0.25) is 5.02 Å². The number of halogens is 2. The molecule has 146 valence electrons. The van der Waals surface area contributed by atoms with Crippen molar-refractivity contribution in [3.63, 3.8) is 0 Å². The smallest absolute Gasteiger partial charge is 0.251 e. The van der Waals surface area contributed by atoms with Gasteiger partial charge < -0.3 is 0 Å². The van der Waals surface area contributed by atoms with Gasteiger partial charge in [-0.15, -0.1) is 0 Å². The molecule has 2 aliphatic rings. The number of piperazine rings is 1. The monoisotopic (exact) mass is 401 g/mol. The van der Waals surface area contributed by atoms with Gasteiger partial charge in [0.05, 0.1) is 23.2 Å². The Balaban J connectivity index is 1.40. The summed E-state index contributed by atoms with van der Waals surface area (Å²) in [4.78, 5) is 30.9. The molecule has 2 heterocycles. The maximum absolute atomic E-state index is 13.4. The van der Waals surface area contributed by atoms with Crippen LogP contribution in [0.25, 0.3) is 0 Å². The number of anilines is 1. The van der Waals surface area contributed by atoms with E-state index in [9.17, 15) is 14.0 Å². The Morgan fingerprint density at radius 2 is 1.71 bits per heavy atom. The van der Waals surface area contributed by atoms with Gasteiger partial charge in [0.1, 0.15) is 5.82 Å². The van der Waals surface area contributed by atoms with E-state index in [1.807, 2.05) is 18.2 Å². The summed E-state index contributed by atoms with van der Waals surface area (Å²) in [7, 11) is 0. The molecule has 2 saturated heterocycles. The lowest BCUT2D eigenvalue weighted by Crippen LogP contribution is -2.52. The van der Waals surface area contributed by atoms with Crippen molar-refractivity contribution >= 4 is 29.1 Å². The van der Waals surface area contributed by atoms with Crippen molar-refractivity contribution in [1.82, 2.24) is 9.80 Å². The fraction of sp³-hybridized carbons (Fsp3) is 0.333. The average molecular weight is 402 g/mol. The summed E-state index contributed by atoms with van der Waals surface area (Å²) in [6, 6.07) is 13.7. The summed E-state index contributed by atoms with van der Waals surface area (Å²) in [5, 5.41) is -0.101. The topological polar surface area (TPSA) is 43.9 Å². The minimum atomic E-state index is -0.574. The first-order valence-electron chi connectivity index (χ1n) is 9.35. The number of hydrogen-bond acceptors (Lipinski definition) is 4. The minimum Gasteiger partial charge on any atom is -0.297 e. The van der Waals surface area contributed by atoms with Crippen LogP contribution in [0.3, 0.4) is 0 Å². The SMILES string of the molecule is O=C1C[C@@H](N2CCN(Cc3ccccc3)CC2)C(=O)N1c1ccc(F)c(Cl)c1. The zero-order chi connectivity index (χ0) is 19.7. The maximum Gasteiger partial charge on any atom is 0.251 e. The van der Waals surface area contributed by atoms with Crippen LogP contribution in [0, 0.1) is 5.82 Å². The van der Waals surface area contributed by atoms with Crippen molar-refractivity contribution in [3.05, 3.63) is 64.9 Å². The number of imide groups is 1. The average Bonchev–Trinajstić information content (AvgIpc) is 3.00. The second kappa shape index (κ2) is 7.99. The second-order valence-corrected chi connectivity index (χ2v) is 7.59. The van der Waals surface area contributed by atoms with Gasteiger partial charge in [0.25, 0.3) is 5.91 Å². The zero-order valence-corrected chi connectivity index (χ0v) is 16.1. The van der Waals surface area contributed by atoms with E-state index in [4.69, 9.17) is 11.6 Å². The molecule has 0 radical (unpaired) electrons. The van der Waals surface area contributed by atoms with Gasteiger partial charge in [0.2, 0.25) is 5.91 Å². The summed E-state index contributed by atoms with van der Waals surface area (Å²) in [6.45, 7) is 4.03. The first-order chi connectivity index (χ1) is 13.5. The van der Waals surface area contributed by atoms with Crippen LogP contribution < -0.4 is 4.90 Å². The molecule has 0 aliphatic carbocycles. The molecule has 0 spiro atoms. The molecule has 0 N–H and O–H groups in total. The fourth-order valence-electron chi connectivity index (χ4n) is 3.87. The maximum atomic E-state index is 13.4. The Labute approximate surface area is 168 Å². The van der Waals surface area contributed by atoms with E-state index in [2.05, 4.69) is 21.9 Å². The summed E-state index contributed by atoms with van der Waals surface area (Å²) in [5.74, 6) is -1.11. The van der Waals surface area contributed by atoms with E-state index in [0.29, 0.717) is 5.69 Å². The highest BCUT2D eigenvalue weighted by Gasteiger charge is 2.43. The van der Waals surface area contributed by atoms with Crippen molar-refractivity contribution in [2.45, 2.75) is 19.0 Å². The molecule has 5 nitrogen and oxygen atoms in total. The number of amides is 2. The Bertz CT molecular complexity index is 884. The van der Waals surface area contributed by atoms with Gasteiger partial charge in [-0.05, 0) is 23.8 Å². The molecule has 2 aromatic rings. The third-order valence-corrected chi connectivity index (χ3v) is 5.67. The number of carbonyl (C=O) groups is 2. The van der Waals surface area contributed by atoms with Crippen molar-refractivity contribution < 1.29 is 14.0 Å². The van der Waals surface area contributed by atoms with E-state index in [1.165, 1.54) is 23.8 Å². The van der Waals surface area contributed by atoms with Gasteiger partial charge in [0, 0.05) is 32.7 Å². The number of nitrogens with zero attached hydrogens (tertiary/aromatic N) is 3. The third kappa shape index (κ3) is 3.81. The summed E-state index contributed by atoms with van der Waals surface area (Å²) in [5.41, 5.74) is 1.59. The molecule has 2 fully saturated rings. The Morgan fingerprint density at radius 3 is 2.39 bits per heavy atom. The van der Waals surface area contributed by atoms with Crippen molar-refractivity contribution in [1.29, 1.82) is 0 Å². The molecule has 0 bridgehead atoms. The van der Waals surface area contributed by atoms with E-state index >= 15 is 0 Å². The lowest BCUT2D eigenvalue weighted by atomic mass is 10.1. The van der Waals surface area contributed by atoms with Crippen molar-refractivity contribution in [3.8, 4) is 0 Å². The Kier molecular flexibility index (Phi) is 5.44. The molecular weight excluding hydrogens is 381 g/mol. The molecule has 2 aromatic carbocycles. The van der Waals surface area contributed by atoms with Gasteiger partial charge >= 0.3 is 0 Å². The first kappa shape index (κ1) is 19.1. The molecular formula is C21H21ClFN3O2. The van der Waals surface area contributed by atoms with Gasteiger partial charge in [-0.2, -0.15) is 0 Å². The Hall–Kier alpha value is -2.28. The highest BCUT2D eigenvalue weighted by atomic mass is 35.5. The van der Waals surface area contributed by atoms with Crippen LogP contribution in [-0.4, -0.2) is 53.8 Å². The van der Waals surface area contributed by atoms with Crippen molar-refractivity contribution in [2.75, 3.05) is 31.1 Å². The van der Waals surface area contributed by atoms with E-state index in [-0.39, 0.29) is 23.3 Å². The minimum absolute atomic E-state index is 0.101. The van der Waals surface area contributed by atoms with Crippen LogP contribution in [0.1, 0.15) is 12.0 Å². The first-order valence-corrected chi connectivity index (χ1v) is 9.73. The highest BCUT2D eigenvalue weighted by molar-refractivity contribution is 6.31. The van der Waals surface area contributed by atoms with E-state index < -0.39 is 11.9 Å². The number of benzene rings is 2. The standard InChI is InChI=1S/C21H21ClFN3O2/c22-17-12-16(6-7-18(17)23)26-20(27)13-19(21(26)28)25-10-8-24(9-11-25)14-15-4-2-1-3-5-15/h1-7,12,19H,8-11,13-14H2/t19-/m1/s1. The molecule has 0 unspecified atom stereocenters. The molecule has 2 aliphatic heterocycles. The fourth-order valence-corrected chi connectivity index (χ4v) is 4.05. The molecule has 2 amide bonds. The van der Waals surface area contributed by atoms with Gasteiger partial charge in [0.15, 0.2) is 0 Å². The summed E-state index contributed by atoms with van der Waals surface area (Å²) >= 11 is 5.82. The zero-order valence-electron chi connectivity index (χ0n) is 15.4. The number of hydrogen-bond donors (Lipinski definition) is 0. The molecule has 7 heteroatoms. The lowest BCUT2D eigenvalue weighted by molar-refractivity contribution is -0.123. The summed E-state index contributed by atoms with van der Waals surface area (Å²) < 4.78 is 13.4. The second-order valence-electron chi connectivity index (χ2n) is 7.18.